The average Bonchev–Trinajstić information content (AvgIpc) is 2.75. The first kappa shape index (κ1) is 18.0. The molecule has 1 unspecified atom stereocenters. The van der Waals surface area contributed by atoms with E-state index in [1.807, 2.05) is 60.7 Å². The molecule has 1 atom stereocenters. The highest BCUT2D eigenvalue weighted by Crippen LogP contribution is 2.44. The minimum Gasteiger partial charge on any atom is -0.457 e. The van der Waals surface area contributed by atoms with E-state index in [4.69, 9.17) is 4.74 Å². The number of hydrogen-bond donors (Lipinski definition) is 1. The van der Waals surface area contributed by atoms with Crippen LogP contribution in [0.25, 0.3) is 10.8 Å². The van der Waals surface area contributed by atoms with Crippen LogP contribution in [0.5, 0.6) is 11.5 Å². The van der Waals surface area contributed by atoms with Crippen LogP contribution in [0, 0.1) is 0 Å². The van der Waals surface area contributed by atoms with Crippen molar-refractivity contribution in [3.05, 3.63) is 101 Å². The Labute approximate surface area is 177 Å². The molecule has 0 saturated carbocycles. The van der Waals surface area contributed by atoms with Crippen LogP contribution in [-0.2, 0) is 4.79 Å². The van der Waals surface area contributed by atoms with Crippen molar-refractivity contribution in [3.63, 3.8) is 0 Å². The van der Waals surface area contributed by atoms with Crippen molar-refractivity contribution in [1.82, 2.24) is 0 Å². The quantitative estimate of drug-likeness (QED) is 0.375. The summed E-state index contributed by atoms with van der Waals surface area (Å²) in [6.45, 7) is 0. The summed E-state index contributed by atoms with van der Waals surface area (Å²) < 4.78 is 7.04. The van der Waals surface area contributed by atoms with E-state index in [9.17, 15) is 4.79 Å². The first-order chi connectivity index (χ1) is 14.2. The molecular formula is C25H18BrNO2. The molecule has 0 radical (unpaired) electrons. The van der Waals surface area contributed by atoms with E-state index in [1.165, 1.54) is 0 Å². The fraction of sp³-hybridized carbons (Fsp3) is 0.0800. The summed E-state index contributed by atoms with van der Waals surface area (Å²) in [5.74, 6) is 1.56. The molecule has 0 fully saturated rings. The van der Waals surface area contributed by atoms with E-state index in [-0.39, 0.29) is 11.8 Å². The lowest BCUT2D eigenvalue weighted by Gasteiger charge is -2.28. The van der Waals surface area contributed by atoms with Crippen molar-refractivity contribution in [2.45, 2.75) is 12.3 Å². The lowest BCUT2D eigenvalue weighted by Crippen LogP contribution is -2.23. The Morgan fingerprint density at radius 3 is 2.38 bits per heavy atom. The Kier molecular flexibility index (Phi) is 4.57. The summed E-state index contributed by atoms with van der Waals surface area (Å²) in [5.41, 5.74) is 3.09. The highest BCUT2D eigenvalue weighted by molar-refractivity contribution is 9.10. The summed E-state index contributed by atoms with van der Waals surface area (Å²) in [5, 5.41) is 5.23. The van der Waals surface area contributed by atoms with Gasteiger partial charge in [-0.15, -0.1) is 0 Å². The number of benzene rings is 4. The molecule has 4 aromatic rings. The Morgan fingerprint density at radius 1 is 0.828 bits per heavy atom. The fourth-order valence-corrected chi connectivity index (χ4v) is 4.56. The van der Waals surface area contributed by atoms with Crippen LogP contribution < -0.4 is 10.1 Å². The molecule has 29 heavy (non-hydrogen) atoms. The predicted molar refractivity (Wildman–Crippen MR) is 120 cm³/mol. The Morgan fingerprint density at radius 2 is 1.55 bits per heavy atom. The zero-order valence-electron chi connectivity index (χ0n) is 15.6. The first-order valence-electron chi connectivity index (χ1n) is 9.53. The van der Waals surface area contributed by atoms with Crippen LogP contribution in [-0.4, -0.2) is 5.91 Å². The third-order valence-corrected chi connectivity index (χ3v) is 5.95. The van der Waals surface area contributed by atoms with Gasteiger partial charge in [0.2, 0.25) is 5.91 Å². The zero-order valence-corrected chi connectivity index (χ0v) is 17.1. The van der Waals surface area contributed by atoms with Crippen LogP contribution in [0.2, 0.25) is 0 Å². The summed E-state index contributed by atoms with van der Waals surface area (Å²) in [6.07, 6.45) is 0.409. The molecular weight excluding hydrogens is 426 g/mol. The third-order valence-electron chi connectivity index (χ3n) is 5.29. The molecule has 1 aliphatic heterocycles. The molecule has 1 heterocycles. The van der Waals surface area contributed by atoms with Gasteiger partial charge in [0, 0.05) is 22.2 Å². The maximum absolute atomic E-state index is 12.6. The van der Waals surface area contributed by atoms with Crippen molar-refractivity contribution in [2.24, 2.45) is 0 Å². The molecule has 1 amide bonds. The van der Waals surface area contributed by atoms with Gasteiger partial charge < -0.3 is 10.1 Å². The number of carbonyl (C=O) groups excluding carboxylic acids is 1. The molecule has 3 nitrogen and oxygen atoms in total. The molecule has 4 heteroatoms. The van der Waals surface area contributed by atoms with E-state index in [0.29, 0.717) is 6.42 Å². The van der Waals surface area contributed by atoms with E-state index in [1.54, 1.807) is 0 Å². The lowest BCUT2D eigenvalue weighted by molar-refractivity contribution is -0.116. The minimum atomic E-state index is -0.0287. The largest absolute Gasteiger partial charge is 0.457 e. The third kappa shape index (κ3) is 3.40. The van der Waals surface area contributed by atoms with E-state index in [0.717, 1.165) is 43.6 Å². The summed E-state index contributed by atoms with van der Waals surface area (Å²) in [7, 11) is 0. The van der Waals surface area contributed by atoms with Crippen LogP contribution in [0.3, 0.4) is 0 Å². The standard InChI is InChI=1S/C25H18BrNO2/c26-23-14-22-21(15-24(28)27-25(22)20-12-5-4-11-19(20)23)16-7-6-10-18(13-16)29-17-8-2-1-3-9-17/h1-14,21H,15H2,(H,27,28). The number of halogens is 1. The normalized spacial score (nSPS) is 15.6. The molecule has 0 saturated heterocycles. The molecule has 0 spiro atoms. The summed E-state index contributed by atoms with van der Waals surface area (Å²) >= 11 is 3.71. The molecule has 0 aromatic heterocycles. The van der Waals surface area contributed by atoms with Crippen LogP contribution in [0.1, 0.15) is 23.5 Å². The number of hydrogen-bond acceptors (Lipinski definition) is 2. The molecule has 4 aromatic carbocycles. The Bertz CT molecular complexity index is 1220. The highest BCUT2D eigenvalue weighted by atomic mass is 79.9. The van der Waals surface area contributed by atoms with E-state index >= 15 is 0 Å². The van der Waals surface area contributed by atoms with Gasteiger partial charge in [-0.1, -0.05) is 70.5 Å². The Hall–Kier alpha value is -3.11. The number of carbonyl (C=O) groups is 1. The maximum Gasteiger partial charge on any atom is 0.225 e. The highest BCUT2D eigenvalue weighted by Gasteiger charge is 2.29. The number of rotatable bonds is 3. The molecule has 0 bridgehead atoms. The number of ether oxygens (including phenoxy) is 1. The molecule has 142 valence electrons. The van der Waals surface area contributed by atoms with Crippen LogP contribution >= 0.6 is 15.9 Å². The van der Waals surface area contributed by atoms with Gasteiger partial charge in [-0.3, -0.25) is 4.79 Å². The van der Waals surface area contributed by atoms with Gasteiger partial charge in [-0.25, -0.2) is 0 Å². The van der Waals surface area contributed by atoms with Gasteiger partial charge in [0.05, 0.1) is 5.69 Å². The van der Waals surface area contributed by atoms with E-state index < -0.39 is 0 Å². The van der Waals surface area contributed by atoms with Crippen LogP contribution in [0.15, 0.2) is 89.4 Å². The first-order valence-corrected chi connectivity index (χ1v) is 10.3. The SMILES string of the molecule is O=C1CC(c2cccc(Oc3ccccc3)c2)c2cc(Br)c3ccccc3c2N1. The lowest BCUT2D eigenvalue weighted by atomic mass is 9.83. The number of nitrogens with one attached hydrogen (secondary N) is 1. The predicted octanol–water partition coefficient (Wildman–Crippen LogP) is 6.87. The summed E-state index contributed by atoms with van der Waals surface area (Å²) in [6, 6.07) is 28.0. The second-order valence-corrected chi connectivity index (χ2v) is 8.02. The minimum absolute atomic E-state index is 0.0287. The van der Waals surface area contributed by atoms with Crippen molar-refractivity contribution >= 4 is 38.3 Å². The van der Waals surface area contributed by atoms with Crippen molar-refractivity contribution in [3.8, 4) is 11.5 Å². The fourth-order valence-electron chi connectivity index (χ4n) is 3.97. The molecule has 0 aliphatic carbocycles. The van der Waals surface area contributed by atoms with Gasteiger partial charge >= 0.3 is 0 Å². The number of amides is 1. The Balaban J connectivity index is 1.59. The van der Waals surface area contributed by atoms with Gasteiger partial charge in [-0.05, 0) is 46.8 Å². The van der Waals surface area contributed by atoms with Crippen molar-refractivity contribution < 1.29 is 9.53 Å². The zero-order chi connectivity index (χ0) is 19.8. The summed E-state index contributed by atoms with van der Waals surface area (Å²) in [4.78, 5) is 12.6. The number of para-hydroxylation sites is 1. The van der Waals surface area contributed by atoms with Crippen molar-refractivity contribution in [1.29, 1.82) is 0 Å². The second kappa shape index (κ2) is 7.37. The van der Waals surface area contributed by atoms with Crippen LogP contribution in [0.4, 0.5) is 5.69 Å². The topological polar surface area (TPSA) is 38.3 Å². The molecule has 1 N–H and O–H groups in total. The number of fused-ring (bicyclic) bond motifs is 3. The second-order valence-electron chi connectivity index (χ2n) is 7.16. The van der Waals surface area contributed by atoms with Gasteiger partial charge in [0.25, 0.3) is 0 Å². The van der Waals surface area contributed by atoms with Gasteiger partial charge in [0.15, 0.2) is 0 Å². The average molecular weight is 444 g/mol. The monoisotopic (exact) mass is 443 g/mol. The van der Waals surface area contributed by atoms with Gasteiger partial charge in [-0.2, -0.15) is 0 Å². The molecule has 5 rings (SSSR count). The number of anilines is 1. The maximum atomic E-state index is 12.6. The molecule has 1 aliphatic rings. The van der Waals surface area contributed by atoms with Crippen molar-refractivity contribution in [2.75, 3.05) is 5.32 Å². The van der Waals surface area contributed by atoms with E-state index in [2.05, 4.69) is 45.5 Å². The smallest absolute Gasteiger partial charge is 0.225 e. The van der Waals surface area contributed by atoms with Gasteiger partial charge in [0.1, 0.15) is 11.5 Å².